The summed E-state index contributed by atoms with van der Waals surface area (Å²) in [5.74, 6) is -14.9. The lowest BCUT2D eigenvalue weighted by molar-refractivity contribution is -0.131. The van der Waals surface area contributed by atoms with E-state index in [2.05, 4.69) is 51.8 Å². The van der Waals surface area contributed by atoms with Crippen molar-refractivity contribution in [1.82, 2.24) is 58.3 Å². The number of benzene rings is 3. The van der Waals surface area contributed by atoms with Crippen molar-refractivity contribution in [3.8, 4) is 86.3 Å². The molecule has 141 heavy (non-hydrogen) atoms. The number of aromatic nitrogens is 9. The second-order valence-corrected chi connectivity index (χ2v) is 38.6. The number of aromatic hydroxyl groups is 3. The molecule has 3 N–H and O–H groups in total. The van der Waals surface area contributed by atoms with E-state index in [0.717, 1.165) is 4.57 Å². The minimum Gasteiger partial charge on any atom is -0.505 e. The molecule has 3 aromatic carbocycles. The summed E-state index contributed by atoms with van der Waals surface area (Å²) in [7, 11) is 0. The van der Waals surface area contributed by atoms with Gasteiger partial charge in [0.2, 0.25) is 29.4 Å². The first kappa shape index (κ1) is 106. The Kier molecular flexibility index (Phi) is 31.0. The average molecular weight is 2110 g/mol. The first-order chi connectivity index (χ1) is 66.5. The molecule has 3 amide bonds. The van der Waals surface area contributed by atoms with Crippen LogP contribution in [0.1, 0.15) is 151 Å². The van der Waals surface area contributed by atoms with Gasteiger partial charge < -0.3 is 44.7 Å². The maximum atomic E-state index is 15.7. The maximum absolute atomic E-state index is 15.7. The van der Waals surface area contributed by atoms with Crippen LogP contribution in [0.15, 0.2) is 107 Å². The average Bonchev–Trinajstić information content (AvgIpc) is 0.725. The van der Waals surface area contributed by atoms with Crippen LogP contribution >= 0.6 is 104 Å². The molecular formula is C99H87Cl9F6N18O9. The second kappa shape index (κ2) is 41.5. The number of fused-ring (bicyclic) bond motifs is 3. The van der Waals surface area contributed by atoms with E-state index in [1.165, 1.54) is 45.6 Å². The van der Waals surface area contributed by atoms with Gasteiger partial charge in [0, 0.05) is 110 Å². The number of nitrogens with zero attached hydrogens (tertiary/aromatic N) is 18. The van der Waals surface area contributed by atoms with Gasteiger partial charge >= 0.3 is 0 Å². The summed E-state index contributed by atoms with van der Waals surface area (Å²) < 4.78 is 93.3. The minimum atomic E-state index is -2.23. The Morgan fingerprint density at radius 1 is 0.383 bits per heavy atom. The number of halogens is 15. The molecule has 3 aliphatic heterocycles. The van der Waals surface area contributed by atoms with Gasteiger partial charge in [0.05, 0.1) is 120 Å². The lowest BCUT2D eigenvalue weighted by Crippen LogP contribution is -2.58. The molecule has 0 unspecified atom stereocenters. The molecule has 0 aliphatic carbocycles. The van der Waals surface area contributed by atoms with Crippen LogP contribution in [-0.2, 0) is 14.4 Å². The molecule has 0 radical (unpaired) electrons. The van der Waals surface area contributed by atoms with E-state index >= 15 is 13.2 Å². The number of hydrogen-bond donors (Lipinski definition) is 3. The van der Waals surface area contributed by atoms with Crippen molar-refractivity contribution in [3.05, 3.63) is 255 Å². The number of anilines is 3. The fraction of sp³-hybridized carbons (Fsp3) is 0.303. The zero-order chi connectivity index (χ0) is 104. The van der Waals surface area contributed by atoms with E-state index in [1.54, 1.807) is 91.0 Å². The molecule has 0 saturated carbocycles. The Morgan fingerprint density at radius 2 is 0.631 bits per heavy atom. The smallest absolute Gasteiger partial charge is 0.276 e. The van der Waals surface area contributed by atoms with E-state index in [4.69, 9.17) is 114 Å². The molecule has 3 aliphatic rings. The standard InChI is InChI=1S/2C33H29Cl4FN6O3.C33H29ClF4N6O3/c2*1-7-21(45)43-16(5)12-42(13-17(43)6)30-18-10-20(34)28(22-23(35)31(46)25(37)24(36)26(22)38)41-32(18)44(33(47)19(30)11-39)29-15(4)8-9-40-27(29)14(2)3;1-7-21(45)43-16(5)12-42(13-17(43)6)30-18-10-20(34)28(22-23(35)24(36)25(37)26(38)31(22)46)41-32(18)44(33(47)19(30)11-39)29-15(4)8-9-40-27(29)14(2)3/h3*7-10,14,16-17,46H,1,12-13H2,2-6H3/t3*16-,17+. The van der Waals surface area contributed by atoms with E-state index in [1.807, 2.05) is 85.1 Å². The Morgan fingerprint density at radius 3 is 0.872 bits per heavy atom. The number of carbonyl (C=O) groups excluding carboxylic acids is 3. The number of pyridine rings is 9. The SMILES string of the molecule is C=CC(=O)N1[C@H](C)CN(c2c(C#N)c(=O)n(-c3c(C)ccnc3C(C)C)c3nc(-c4c(F)c(Cl)c(Cl)c(O)c4Cl)c(Cl)cc23)C[C@@H]1C.C=CC(=O)N1[C@H](C)CN(c2c(C#N)c(=O)n(-c3c(C)ccnc3C(C)C)c3nc(-c4c(F)c(Cl)c(Cl)c(O)c4Cl)c(Cl)cc23)C[C@@H]1C.C=CC(=O)N1[C@H](C)CN(c2c(C#N)c(=O)n(-c3c(C)ccnc3C(C)C)c3nc(-c4c(O)c(F)c(F)c(F)c4F)c(Cl)cc23)C[C@@H]1C. The number of hydrogen-bond acceptors (Lipinski definition) is 21. The topological polar surface area (TPSA) is 346 Å². The van der Waals surface area contributed by atoms with Crippen molar-refractivity contribution >= 4 is 172 Å². The van der Waals surface area contributed by atoms with E-state index < -0.39 is 138 Å². The fourth-order valence-corrected chi connectivity index (χ4v) is 20.8. The quantitative estimate of drug-likeness (QED) is 0.0371. The number of amides is 3. The van der Waals surface area contributed by atoms with Gasteiger partial charge in [-0.05, 0) is 151 Å². The molecule has 9 aromatic heterocycles. The molecule has 3 saturated heterocycles. The van der Waals surface area contributed by atoms with E-state index in [-0.39, 0.29) is 182 Å². The Hall–Kier alpha value is -12.7. The number of nitriles is 3. The van der Waals surface area contributed by atoms with Crippen molar-refractivity contribution < 1.29 is 56.0 Å². The molecule has 15 rings (SSSR count). The van der Waals surface area contributed by atoms with Crippen LogP contribution in [0.5, 0.6) is 17.2 Å². The first-order valence-electron chi connectivity index (χ1n) is 43.7. The van der Waals surface area contributed by atoms with Gasteiger partial charge in [-0.3, -0.25) is 57.4 Å². The number of piperazine rings is 3. The second-order valence-electron chi connectivity index (χ2n) is 35.1. The van der Waals surface area contributed by atoms with Crippen LogP contribution in [0.25, 0.3) is 83.9 Å². The molecule has 12 aromatic rings. The highest BCUT2D eigenvalue weighted by Crippen LogP contribution is 2.52. The zero-order valence-electron chi connectivity index (χ0n) is 78.0. The van der Waals surface area contributed by atoms with Crippen molar-refractivity contribution in [2.24, 2.45) is 0 Å². The summed E-state index contributed by atoms with van der Waals surface area (Å²) in [5.41, 5.74) is -1.11. The Bertz CT molecular complexity index is 6870. The number of carbonyl (C=O) groups is 3. The summed E-state index contributed by atoms with van der Waals surface area (Å²) in [4.78, 5) is 119. The van der Waals surface area contributed by atoms with Gasteiger partial charge in [-0.25, -0.2) is 36.9 Å². The molecular weight excluding hydrogens is 2020 g/mol. The number of aryl methyl sites for hydroxylation is 3. The third kappa shape index (κ3) is 18.4. The zero-order valence-corrected chi connectivity index (χ0v) is 84.8. The largest absolute Gasteiger partial charge is 0.505 e. The van der Waals surface area contributed by atoms with E-state index in [9.17, 15) is 73.0 Å². The minimum absolute atomic E-state index is 0.0207. The molecule has 42 heteroatoms. The molecule has 3 fully saturated rings. The van der Waals surface area contributed by atoms with Crippen LogP contribution < -0.4 is 31.4 Å². The van der Waals surface area contributed by atoms with Crippen molar-refractivity contribution in [2.75, 3.05) is 54.0 Å². The highest BCUT2D eigenvalue weighted by atomic mass is 35.5. The molecule has 12 heterocycles. The molecule has 6 atom stereocenters. The van der Waals surface area contributed by atoms with Gasteiger partial charge in [0.1, 0.15) is 61.9 Å². The molecule has 27 nitrogen and oxygen atoms in total. The number of phenolic OH excluding ortho intramolecular Hbond substituents is 3. The fourth-order valence-electron chi connectivity index (χ4n) is 18.7. The lowest BCUT2D eigenvalue weighted by Gasteiger charge is -2.45. The van der Waals surface area contributed by atoms with Gasteiger partial charge in [0.25, 0.3) is 16.7 Å². The monoisotopic (exact) mass is 2100 g/mol. The predicted molar refractivity (Wildman–Crippen MR) is 537 cm³/mol. The van der Waals surface area contributed by atoms with E-state index in [0.29, 0.717) is 55.9 Å². The maximum Gasteiger partial charge on any atom is 0.276 e. The summed E-state index contributed by atoms with van der Waals surface area (Å²) in [6, 6.07) is 13.4. The van der Waals surface area contributed by atoms with Crippen molar-refractivity contribution in [1.29, 1.82) is 15.8 Å². The van der Waals surface area contributed by atoms with Crippen LogP contribution in [0.2, 0.25) is 45.2 Å². The lowest BCUT2D eigenvalue weighted by atomic mass is 10.0. The highest BCUT2D eigenvalue weighted by molar-refractivity contribution is 6.47. The summed E-state index contributed by atoms with van der Waals surface area (Å²) in [6.07, 6.45) is 8.48. The summed E-state index contributed by atoms with van der Waals surface area (Å²) >= 11 is 57.2. The van der Waals surface area contributed by atoms with Crippen molar-refractivity contribution in [3.63, 3.8) is 0 Å². The first-order valence-corrected chi connectivity index (χ1v) is 47.1. The third-order valence-corrected chi connectivity index (χ3v) is 28.0. The highest BCUT2D eigenvalue weighted by Gasteiger charge is 2.43. The van der Waals surface area contributed by atoms with Gasteiger partial charge in [0.15, 0.2) is 40.5 Å². The Labute approximate surface area is 849 Å². The third-order valence-electron chi connectivity index (χ3n) is 24.8. The normalized spacial score (nSPS) is 16.6. The number of rotatable bonds is 15. The molecule has 732 valence electrons. The summed E-state index contributed by atoms with van der Waals surface area (Å²) in [6.45, 7) is 39.8. The molecule has 0 spiro atoms. The Balaban J connectivity index is 0.000000178. The summed E-state index contributed by atoms with van der Waals surface area (Å²) in [5, 5.41) is 60.0. The van der Waals surface area contributed by atoms with Gasteiger partial charge in [-0.2, -0.15) is 20.2 Å². The van der Waals surface area contributed by atoms with Crippen LogP contribution in [0.3, 0.4) is 0 Å². The van der Waals surface area contributed by atoms with Gasteiger partial charge in [-0.15, -0.1) is 0 Å². The van der Waals surface area contributed by atoms with Crippen LogP contribution in [-0.4, -0.2) is 167 Å². The van der Waals surface area contributed by atoms with Crippen LogP contribution in [0, 0.1) is 89.7 Å². The van der Waals surface area contributed by atoms with Crippen molar-refractivity contribution in [2.45, 2.75) is 158 Å². The predicted octanol–water partition coefficient (Wildman–Crippen LogP) is 21.9. The van der Waals surface area contributed by atoms with Crippen LogP contribution in [0.4, 0.5) is 43.4 Å². The molecule has 0 bridgehead atoms. The van der Waals surface area contributed by atoms with Gasteiger partial charge in [-0.1, -0.05) is 166 Å². The number of phenols is 3.